The number of carbonyl (C=O) groups is 2. The van der Waals surface area contributed by atoms with Crippen molar-refractivity contribution in [1.82, 2.24) is 9.97 Å². The van der Waals surface area contributed by atoms with Crippen LogP contribution in [-0.2, 0) is 25.7 Å². The van der Waals surface area contributed by atoms with E-state index < -0.39 is 11.8 Å². The van der Waals surface area contributed by atoms with Gasteiger partial charge in [0.1, 0.15) is 12.4 Å². The number of carbonyl (C=O) groups excluding carboxylic acids is 2. The Kier molecular flexibility index (Phi) is 5.65. The molecule has 1 aliphatic rings. The molecule has 140 valence electrons. The number of nitrogens with zero attached hydrogens (tertiary/aromatic N) is 2. The summed E-state index contributed by atoms with van der Waals surface area (Å²) >= 11 is 0. The fourth-order valence-electron chi connectivity index (χ4n) is 2.46. The molecule has 0 fully saturated rings. The average Bonchev–Trinajstić information content (AvgIpc) is 3.03. The molecular formula is C19H19N3O5. The van der Waals surface area contributed by atoms with E-state index >= 15 is 0 Å². The van der Waals surface area contributed by atoms with Crippen molar-refractivity contribution in [2.75, 3.05) is 18.5 Å². The van der Waals surface area contributed by atoms with Crippen LogP contribution in [0.2, 0.25) is 0 Å². The SMILES string of the molecule is CCOC(=O)C1=C(Nc2ccc(OCc3ncccn3)cc2C)OCC1=O. The number of hydrogen-bond donors (Lipinski definition) is 1. The zero-order chi connectivity index (χ0) is 19.2. The minimum absolute atomic E-state index is 0.0993. The monoisotopic (exact) mass is 369 g/mol. The van der Waals surface area contributed by atoms with Gasteiger partial charge in [-0.1, -0.05) is 0 Å². The van der Waals surface area contributed by atoms with Gasteiger partial charge in [-0.2, -0.15) is 0 Å². The molecular weight excluding hydrogens is 350 g/mol. The summed E-state index contributed by atoms with van der Waals surface area (Å²) in [6.07, 6.45) is 3.31. The Bertz CT molecular complexity index is 880. The lowest BCUT2D eigenvalue weighted by atomic mass is 10.1. The lowest BCUT2D eigenvalue weighted by Gasteiger charge is -2.13. The molecule has 1 aliphatic heterocycles. The second-order valence-electron chi connectivity index (χ2n) is 5.69. The molecule has 0 saturated heterocycles. The lowest BCUT2D eigenvalue weighted by Crippen LogP contribution is -2.16. The Morgan fingerprint density at radius 1 is 1.30 bits per heavy atom. The molecule has 0 aliphatic carbocycles. The number of aromatic nitrogens is 2. The van der Waals surface area contributed by atoms with Gasteiger partial charge in [0.2, 0.25) is 11.7 Å². The molecule has 0 amide bonds. The van der Waals surface area contributed by atoms with Crippen LogP contribution in [0.3, 0.4) is 0 Å². The van der Waals surface area contributed by atoms with Crippen molar-refractivity contribution in [2.45, 2.75) is 20.5 Å². The summed E-state index contributed by atoms with van der Waals surface area (Å²) in [5.41, 5.74) is 1.43. The van der Waals surface area contributed by atoms with Gasteiger partial charge < -0.3 is 19.5 Å². The molecule has 1 N–H and O–H groups in total. The summed E-state index contributed by atoms with van der Waals surface area (Å²) in [6, 6.07) is 7.11. The first-order valence-corrected chi connectivity index (χ1v) is 8.42. The highest BCUT2D eigenvalue weighted by atomic mass is 16.5. The van der Waals surface area contributed by atoms with E-state index in [0.717, 1.165) is 5.56 Å². The number of hydrogen-bond acceptors (Lipinski definition) is 8. The van der Waals surface area contributed by atoms with Crippen LogP contribution in [0.15, 0.2) is 48.1 Å². The smallest absolute Gasteiger partial charge is 0.347 e. The second kappa shape index (κ2) is 8.31. The number of Topliss-reactive ketones (excluding diaryl/α,β-unsaturated/α-hetero) is 1. The highest BCUT2D eigenvalue weighted by Gasteiger charge is 2.32. The first kappa shape index (κ1) is 18.4. The quantitative estimate of drug-likeness (QED) is 0.585. The maximum Gasteiger partial charge on any atom is 0.347 e. The molecule has 0 atom stereocenters. The largest absolute Gasteiger partial charge is 0.486 e. The zero-order valence-corrected chi connectivity index (χ0v) is 15.0. The van der Waals surface area contributed by atoms with Gasteiger partial charge in [0.25, 0.3) is 0 Å². The highest BCUT2D eigenvalue weighted by Crippen LogP contribution is 2.26. The molecule has 8 heteroatoms. The number of anilines is 1. The van der Waals surface area contributed by atoms with Gasteiger partial charge in [-0.15, -0.1) is 0 Å². The van der Waals surface area contributed by atoms with Crippen molar-refractivity contribution in [2.24, 2.45) is 0 Å². The maximum absolute atomic E-state index is 12.0. The molecule has 3 rings (SSSR count). The minimum atomic E-state index is -0.692. The van der Waals surface area contributed by atoms with Gasteiger partial charge in [0.05, 0.1) is 6.61 Å². The topological polar surface area (TPSA) is 99.6 Å². The Morgan fingerprint density at radius 3 is 2.78 bits per heavy atom. The van der Waals surface area contributed by atoms with E-state index in [1.165, 1.54) is 0 Å². The van der Waals surface area contributed by atoms with E-state index in [4.69, 9.17) is 14.2 Å². The molecule has 1 aromatic carbocycles. The third-order valence-electron chi connectivity index (χ3n) is 3.77. The van der Waals surface area contributed by atoms with Gasteiger partial charge in [0, 0.05) is 18.1 Å². The van der Waals surface area contributed by atoms with E-state index in [0.29, 0.717) is 17.3 Å². The number of ether oxygens (including phenoxy) is 3. The zero-order valence-electron chi connectivity index (χ0n) is 15.0. The number of ketones is 1. The summed E-state index contributed by atoms with van der Waals surface area (Å²) in [7, 11) is 0. The number of nitrogens with one attached hydrogen (secondary N) is 1. The molecule has 0 radical (unpaired) electrons. The second-order valence-corrected chi connectivity index (χ2v) is 5.69. The van der Waals surface area contributed by atoms with Crippen molar-refractivity contribution in [1.29, 1.82) is 0 Å². The van der Waals surface area contributed by atoms with Crippen molar-refractivity contribution in [3.63, 3.8) is 0 Å². The van der Waals surface area contributed by atoms with Crippen LogP contribution in [-0.4, -0.2) is 34.9 Å². The van der Waals surface area contributed by atoms with Gasteiger partial charge in [0.15, 0.2) is 18.0 Å². The normalized spacial score (nSPS) is 13.3. The Morgan fingerprint density at radius 2 is 2.07 bits per heavy atom. The summed E-state index contributed by atoms with van der Waals surface area (Å²) in [4.78, 5) is 32.1. The molecule has 2 heterocycles. The molecule has 0 spiro atoms. The summed E-state index contributed by atoms with van der Waals surface area (Å²) in [6.45, 7) is 3.79. The van der Waals surface area contributed by atoms with Crippen molar-refractivity contribution in [3.05, 3.63) is 59.5 Å². The third-order valence-corrected chi connectivity index (χ3v) is 3.77. The number of aryl methyl sites for hydroxylation is 1. The molecule has 27 heavy (non-hydrogen) atoms. The van der Waals surface area contributed by atoms with Crippen LogP contribution in [0.1, 0.15) is 18.3 Å². The van der Waals surface area contributed by atoms with E-state index in [1.54, 1.807) is 37.5 Å². The summed E-state index contributed by atoms with van der Waals surface area (Å²) < 4.78 is 15.9. The Labute approximate surface area is 156 Å². The molecule has 8 nitrogen and oxygen atoms in total. The van der Waals surface area contributed by atoms with Gasteiger partial charge in [-0.3, -0.25) is 4.79 Å². The Hall–Kier alpha value is -3.42. The average molecular weight is 369 g/mol. The highest BCUT2D eigenvalue weighted by molar-refractivity contribution is 6.19. The number of benzene rings is 1. The van der Waals surface area contributed by atoms with E-state index in [2.05, 4.69) is 15.3 Å². The van der Waals surface area contributed by atoms with E-state index in [9.17, 15) is 9.59 Å². The summed E-state index contributed by atoms with van der Waals surface area (Å²) in [5, 5.41) is 2.99. The van der Waals surface area contributed by atoms with Crippen molar-refractivity contribution in [3.8, 4) is 5.75 Å². The predicted octanol–water partition coefficient (Wildman–Crippen LogP) is 2.15. The van der Waals surface area contributed by atoms with Crippen LogP contribution in [0, 0.1) is 6.92 Å². The minimum Gasteiger partial charge on any atom is -0.486 e. The summed E-state index contributed by atoms with van der Waals surface area (Å²) in [5.74, 6) is 0.236. The molecule has 0 bridgehead atoms. The van der Waals surface area contributed by atoms with Crippen LogP contribution >= 0.6 is 0 Å². The van der Waals surface area contributed by atoms with Gasteiger partial charge in [-0.05, 0) is 43.7 Å². The first-order valence-electron chi connectivity index (χ1n) is 8.42. The van der Waals surface area contributed by atoms with Crippen LogP contribution in [0.5, 0.6) is 5.75 Å². The third kappa shape index (κ3) is 4.41. The van der Waals surface area contributed by atoms with E-state index in [-0.39, 0.29) is 31.3 Å². The van der Waals surface area contributed by atoms with Crippen LogP contribution in [0.25, 0.3) is 0 Å². The standard InChI is InChI=1S/C19H19N3O5/c1-3-25-19(24)17-15(23)10-27-18(17)22-14-6-5-13(9-12(14)2)26-11-16-20-7-4-8-21-16/h4-9,22H,3,10-11H2,1-2H3. The van der Waals surface area contributed by atoms with Gasteiger partial charge >= 0.3 is 5.97 Å². The number of esters is 1. The van der Waals surface area contributed by atoms with Crippen LogP contribution in [0.4, 0.5) is 5.69 Å². The van der Waals surface area contributed by atoms with Crippen molar-refractivity contribution >= 4 is 17.4 Å². The number of rotatable bonds is 7. The van der Waals surface area contributed by atoms with Gasteiger partial charge in [-0.25, -0.2) is 14.8 Å². The molecule has 2 aromatic rings. The Balaban J connectivity index is 1.72. The molecule has 1 aromatic heterocycles. The van der Waals surface area contributed by atoms with E-state index in [1.807, 2.05) is 13.0 Å². The maximum atomic E-state index is 12.0. The fourth-order valence-corrected chi connectivity index (χ4v) is 2.46. The first-order chi connectivity index (χ1) is 13.1. The van der Waals surface area contributed by atoms with Crippen LogP contribution < -0.4 is 10.1 Å². The van der Waals surface area contributed by atoms with Crippen molar-refractivity contribution < 1.29 is 23.8 Å². The predicted molar refractivity (Wildman–Crippen MR) is 95.8 cm³/mol. The fraction of sp³-hybridized carbons (Fsp3) is 0.263. The molecule has 0 saturated carbocycles. The molecule has 0 unspecified atom stereocenters. The lowest BCUT2D eigenvalue weighted by molar-refractivity contribution is -0.139.